The summed E-state index contributed by atoms with van der Waals surface area (Å²) in [5, 5.41) is 2.92. The van der Waals surface area contributed by atoms with E-state index in [2.05, 4.69) is 26.2 Å². The van der Waals surface area contributed by atoms with Gasteiger partial charge in [-0.15, -0.1) is 0 Å². The van der Waals surface area contributed by atoms with Crippen molar-refractivity contribution in [3.05, 3.63) is 51.7 Å². The Morgan fingerprint density at radius 2 is 2.25 bits per heavy atom. The van der Waals surface area contributed by atoms with E-state index in [9.17, 15) is 4.79 Å². The molecule has 1 aromatic heterocycles. The molecule has 2 aromatic rings. The summed E-state index contributed by atoms with van der Waals surface area (Å²) < 4.78 is 6.07. The number of hydrogen-bond donors (Lipinski definition) is 1. The number of aromatic nitrogens is 1. The predicted molar refractivity (Wildman–Crippen MR) is 82.5 cm³/mol. The van der Waals surface area contributed by atoms with Gasteiger partial charge in [0.25, 0.3) is 5.91 Å². The molecule has 0 saturated heterocycles. The molecule has 1 amide bonds. The van der Waals surface area contributed by atoms with Crippen LogP contribution in [-0.2, 0) is 0 Å². The number of rotatable bonds is 4. The predicted octanol–water partition coefficient (Wildman–Crippen LogP) is 4.15. The standard InChI is InChI=1S/C14H12BrClN2O2/c1-2-20-11-5-3-4-10(7-11)18-14(19)12-6-9(15)8-17-13(12)16/h3-8H,2H2,1H3,(H,18,19). The molecule has 0 fully saturated rings. The van der Waals surface area contributed by atoms with Crippen LogP contribution in [0, 0.1) is 0 Å². The van der Waals surface area contributed by atoms with Crippen molar-refractivity contribution in [2.24, 2.45) is 0 Å². The quantitative estimate of drug-likeness (QED) is 0.838. The molecule has 2 rings (SSSR count). The van der Waals surface area contributed by atoms with Crippen LogP contribution in [0.2, 0.25) is 5.15 Å². The molecular weight excluding hydrogens is 344 g/mol. The van der Waals surface area contributed by atoms with E-state index in [1.807, 2.05) is 13.0 Å². The number of amides is 1. The molecule has 0 aliphatic carbocycles. The molecule has 20 heavy (non-hydrogen) atoms. The number of ether oxygens (including phenoxy) is 1. The van der Waals surface area contributed by atoms with E-state index in [0.717, 1.165) is 0 Å². The highest BCUT2D eigenvalue weighted by atomic mass is 79.9. The van der Waals surface area contributed by atoms with E-state index in [-0.39, 0.29) is 11.1 Å². The lowest BCUT2D eigenvalue weighted by Crippen LogP contribution is -2.13. The molecule has 4 nitrogen and oxygen atoms in total. The summed E-state index contributed by atoms with van der Waals surface area (Å²) in [7, 11) is 0. The van der Waals surface area contributed by atoms with Crippen LogP contribution in [0.1, 0.15) is 17.3 Å². The summed E-state index contributed by atoms with van der Waals surface area (Å²) in [6.45, 7) is 2.47. The molecule has 104 valence electrons. The molecular formula is C14H12BrClN2O2. The van der Waals surface area contributed by atoms with E-state index in [0.29, 0.717) is 28.1 Å². The molecule has 1 heterocycles. The van der Waals surface area contributed by atoms with Crippen molar-refractivity contribution in [1.82, 2.24) is 4.98 Å². The lowest BCUT2D eigenvalue weighted by molar-refractivity contribution is 0.102. The Balaban J connectivity index is 2.19. The van der Waals surface area contributed by atoms with Crippen molar-refractivity contribution >= 4 is 39.1 Å². The van der Waals surface area contributed by atoms with Gasteiger partial charge in [0.2, 0.25) is 0 Å². The van der Waals surface area contributed by atoms with E-state index in [1.165, 1.54) is 6.20 Å². The average molecular weight is 356 g/mol. The zero-order valence-corrected chi connectivity index (χ0v) is 13.0. The van der Waals surface area contributed by atoms with Crippen molar-refractivity contribution in [3.8, 4) is 5.75 Å². The van der Waals surface area contributed by atoms with Crippen molar-refractivity contribution in [1.29, 1.82) is 0 Å². The monoisotopic (exact) mass is 354 g/mol. The normalized spacial score (nSPS) is 10.2. The van der Waals surface area contributed by atoms with Crippen LogP contribution in [0.15, 0.2) is 41.0 Å². The number of benzene rings is 1. The van der Waals surface area contributed by atoms with Gasteiger partial charge in [0.05, 0.1) is 12.2 Å². The summed E-state index contributed by atoms with van der Waals surface area (Å²) in [5.41, 5.74) is 0.944. The Morgan fingerprint density at radius 3 is 3.00 bits per heavy atom. The number of anilines is 1. The molecule has 6 heteroatoms. The fourth-order valence-corrected chi connectivity index (χ4v) is 2.13. The average Bonchev–Trinajstić information content (AvgIpc) is 2.42. The summed E-state index contributed by atoms with van der Waals surface area (Å²) in [6.07, 6.45) is 1.54. The fourth-order valence-electron chi connectivity index (χ4n) is 1.61. The van der Waals surface area contributed by atoms with Gasteiger partial charge in [-0.05, 0) is 41.1 Å². The Hall–Kier alpha value is -1.59. The molecule has 0 aliphatic heterocycles. The van der Waals surface area contributed by atoms with Gasteiger partial charge >= 0.3 is 0 Å². The Kier molecular flexibility index (Phi) is 4.98. The summed E-state index contributed by atoms with van der Waals surface area (Å²) >= 11 is 9.18. The minimum atomic E-state index is -0.322. The third kappa shape index (κ3) is 3.71. The molecule has 0 bridgehead atoms. The van der Waals surface area contributed by atoms with Gasteiger partial charge in [-0.25, -0.2) is 4.98 Å². The van der Waals surface area contributed by atoms with E-state index < -0.39 is 0 Å². The number of pyridine rings is 1. The number of carbonyl (C=O) groups is 1. The zero-order valence-electron chi connectivity index (χ0n) is 10.7. The largest absolute Gasteiger partial charge is 0.494 e. The third-order valence-electron chi connectivity index (χ3n) is 2.45. The van der Waals surface area contributed by atoms with E-state index in [4.69, 9.17) is 16.3 Å². The fraction of sp³-hybridized carbons (Fsp3) is 0.143. The maximum atomic E-state index is 12.2. The number of nitrogens with zero attached hydrogens (tertiary/aromatic N) is 1. The SMILES string of the molecule is CCOc1cccc(NC(=O)c2cc(Br)cnc2Cl)c1. The topological polar surface area (TPSA) is 51.2 Å². The van der Waals surface area contributed by atoms with Crippen molar-refractivity contribution in [2.45, 2.75) is 6.92 Å². The maximum absolute atomic E-state index is 12.2. The first-order valence-electron chi connectivity index (χ1n) is 5.95. The molecule has 0 aliphatic rings. The van der Waals surface area contributed by atoms with E-state index in [1.54, 1.807) is 24.3 Å². The second-order valence-electron chi connectivity index (χ2n) is 3.91. The van der Waals surface area contributed by atoms with Crippen molar-refractivity contribution < 1.29 is 9.53 Å². The highest BCUT2D eigenvalue weighted by Gasteiger charge is 2.12. The summed E-state index contributed by atoms with van der Waals surface area (Å²) in [5.74, 6) is 0.376. The van der Waals surface area contributed by atoms with Gasteiger partial charge in [-0.1, -0.05) is 17.7 Å². The molecule has 0 atom stereocenters. The van der Waals surface area contributed by atoms with Gasteiger partial charge in [0.1, 0.15) is 10.9 Å². The van der Waals surface area contributed by atoms with Crippen LogP contribution in [0.4, 0.5) is 5.69 Å². The zero-order chi connectivity index (χ0) is 14.5. The van der Waals surface area contributed by atoms with Crippen LogP contribution >= 0.6 is 27.5 Å². The second-order valence-corrected chi connectivity index (χ2v) is 5.18. The summed E-state index contributed by atoms with van der Waals surface area (Å²) in [4.78, 5) is 16.1. The van der Waals surface area contributed by atoms with Crippen molar-refractivity contribution in [3.63, 3.8) is 0 Å². The smallest absolute Gasteiger partial charge is 0.258 e. The highest BCUT2D eigenvalue weighted by Crippen LogP contribution is 2.21. The number of hydrogen-bond acceptors (Lipinski definition) is 3. The minimum absolute atomic E-state index is 0.159. The highest BCUT2D eigenvalue weighted by molar-refractivity contribution is 9.10. The Bertz CT molecular complexity index is 634. The first kappa shape index (κ1) is 14.8. The Morgan fingerprint density at radius 1 is 1.45 bits per heavy atom. The van der Waals surface area contributed by atoms with Gasteiger partial charge in [0, 0.05) is 22.4 Å². The molecule has 1 N–H and O–H groups in total. The van der Waals surface area contributed by atoms with Gasteiger partial charge < -0.3 is 10.1 Å². The van der Waals surface area contributed by atoms with E-state index >= 15 is 0 Å². The van der Waals surface area contributed by atoms with Crippen molar-refractivity contribution in [2.75, 3.05) is 11.9 Å². The molecule has 0 spiro atoms. The molecule has 0 unspecified atom stereocenters. The molecule has 0 saturated carbocycles. The molecule has 0 radical (unpaired) electrons. The van der Waals surface area contributed by atoms with Crippen LogP contribution < -0.4 is 10.1 Å². The van der Waals surface area contributed by atoms with Gasteiger partial charge in [-0.2, -0.15) is 0 Å². The third-order valence-corrected chi connectivity index (χ3v) is 3.19. The van der Waals surface area contributed by atoms with Crippen LogP contribution in [0.5, 0.6) is 5.75 Å². The molecule has 1 aromatic carbocycles. The minimum Gasteiger partial charge on any atom is -0.494 e. The lowest BCUT2D eigenvalue weighted by atomic mass is 10.2. The Labute approximate surface area is 130 Å². The first-order chi connectivity index (χ1) is 9.60. The van der Waals surface area contributed by atoms with Crippen LogP contribution in [-0.4, -0.2) is 17.5 Å². The maximum Gasteiger partial charge on any atom is 0.258 e. The van der Waals surface area contributed by atoms with Crippen LogP contribution in [0.25, 0.3) is 0 Å². The van der Waals surface area contributed by atoms with Gasteiger partial charge in [0.15, 0.2) is 0 Å². The lowest BCUT2D eigenvalue weighted by Gasteiger charge is -2.08. The number of halogens is 2. The van der Waals surface area contributed by atoms with Crippen LogP contribution in [0.3, 0.4) is 0 Å². The number of nitrogens with one attached hydrogen (secondary N) is 1. The second kappa shape index (κ2) is 6.72. The number of carbonyl (C=O) groups excluding carboxylic acids is 1. The first-order valence-corrected chi connectivity index (χ1v) is 7.12. The summed E-state index contributed by atoms with van der Waals surface area (Å²) in [6, 6.07) is 8.78. The van der Waals surface area contributed by atoms with Gasteiger partial charge in [-0.3, -0.25) is 4.79 Å².